The zero-order valence-corrected chi connectivity index (χ0v) is 10.2. The molecule has 0 N–H and O–H groups in total. The Labute approximate surface area is 91.6 Å². The van der Waals surface area contributed by atoms with Crippen molar-refractivity contribution in [1.29, 1.82) is 0 Å². The molecule has 1 amide bonds. The molecule has 0 aliphatic rings. The molecule has 0 radical (unpaired) electrons. The lowest BCUT2D eigenvalue weighted by Crippen LogP contribution is -2.35. The van der Waals surface area contributed by atoms with E-state index >= 15 is 0 Å². The molecule has 4 nitrogen and oxygen atoms in total. The maximum atomic E-state index is 11.5. The molecular formula is C11H21NO3. The second-order valence-electron chi connectivity index (χ2n) is 4.80. The van der Waals surface area contributed by atoms with Crippen molar-refractivity contribution >= 4 is 12.4 Å². The van der Waals surface area contributed by atoms with Crippen LogP contribution < -0.4 is 0 Å². The Morgan fingerprint density at radius 3 is 2.40 bits per heavy atom. The number of carbonyl (C=O) groups is 2. The quantitative estimate of drug-likeness (QED) is 0.674. The van der Waals surface area contributed by atoms with Gasteiger partial charge in [0.25, 0.3) is 0 Å². The Hall–Kier alpha value is -1.06. The summed E-state index contributed by atoms with van der Waals surface area (Å²) >= 11 is 0. The number of aldehydes is 1. The smallest absolute Gasteiger partial charge is 0.410 e. The van der Waals surface area contributed by atoms with Crippen LogP contribution in [-0.2, 0) is 9.53 Å². The van der Waals surface area contributed by atoms with Gasteiger partial charge in [0.1, 0.15) is 11.9 Å². The Bertz CT molecular complexity index is 220. The summed E-state index contributed by atoms with van der Waals surface area (Å²) in [5.41, 5.74) is -0.471. The highest BCUT2D eigenvalue weighted by Crippen LogP contribution is 2.09. The summed E-state index contributed by atoms with van der Waals surface area (Å²) in [5.74, 6) is -0.0186. The van der Waals surface area contributed by atoms with Crippen LogP contribution in [0.5, 0.6) is 0 Å². The number of nitrogens with zero attached hydrogens (tertiary/aromatic N) is 1. The third-order valence-electron chi connectivity index (χ3n) is 1.86. The van der Waals surface area contributed by atoms with Crippen molar-refractivity contribution in [2.75, 3.05) is 13.6 Å². The van der Waals surface area contributed by atoms with Crippen LogP contribution in [0.1, 0.15) is 34.1 Å². The fourth-order valence-corrected chi connectivity index (χ4v) is 0.896. The molecule has 0 aromatic heterocycles. The number of amides is 1. The van der Waals surface area contributed by atoms with Gasteiger partial charge in [0.05, 0.1) is 0 Å². The van der Waals surface area contributed by atoms with E-state index in [1.165, 1.54) is 4.90 Å². The standard InChI is InChI=1S/C11H21NO3/c1-9(8-13)6-7-12(5)10(14)15-11(2,3)4/h8-9H,6-7H2,1-5H3. The van der Waals surface area contributed by atoms with Crippen molar-refractivity contribution in [3.8, 4) is 0 Å². The van der Waals surface area contributed by atoms with E-state index in [-0.39, 0.29) is 12.0 Å². The van der Waals surface area contributed by atoms with E-state index in [0.29, 0.717) is 13.0 Å². The van der Waals surface area contributed by atoms with Crippen LogP contribution in [0.4, 0.5) is 4.79 Å². The summed E-state index contributed by atoms with van der Waals surface area (Å²) in [6.45, 7) is 7.84. The van der Waals surface area contributed by atoms with E-state index < -0.39 is 5.60 Å². The van der Waals surface area contributed by atoms with Crippen LogP contribution in [0.15, 0.2) is 0 Å². The lowest BCUT2D eigenvalue weighted by Gasteiger charge is -2.24. The van der Waals surface area contributed by atoms with Gasteiger partial charge in [-0.05, 0) is 27.2 Å². The topological polar surface area (TPSA) is 46.6 Å². The Morgan fingerprint density at radius 2 is 2.00 bits per heavy atom. The lowest BCUT2D eigenvalue weighted by molar-refractivity contribution is -0.110. The van der Waals surface area contributed by atoms with Crippen molar-refractivity contribution in [2.45, 2.75) is 39.7 Å². The first-order chi connectivity index (χ1) is 6.76. The second-order valence-corrected chi connectivity index (χ2v) is 4.80. The molecule has 15 heavy (non-hydrogen) atoms. The molecule has 0 aliphatic heterocycles. The second kappa shape index (κ2) is 5.73. The lowest BCUT2D eigenvalue weighted by atomic mass is 10.1. The molecule has 0 saturated heterocycles. The summed E-state index contributed by atoms with van der Waals surface area (Å²) in [7, 11) is 1.67. The summed E-state index contributed by atoms with van der Waals surface area (Å²) in [6.07, 6.45) is 1.21. The van der Waals surface area contributed by atoms with Crippen LogP contribution in [-0.4, -0.2) is 36.5 Å². The number of rotatable bonds is 4. The first-order valence-electron chi connectivity index (χ1n) is 5.15. The van der Waals surface area contributed by atoms with Gasteiger partial charge in [0.15, 0.2) is 0 Å². The van der Waals surface area contributed by atoms with E-state index in [9.17, 15) is 9.59 Å². The minimum atomic E-state index is -0.471. The van der Waals surface area contributed by atoms with Gasteiger partial charge in [0.2, 0.25) is 0 Å². The van der Waals surface area contributed by atoms with E-state index in [1.807, 2.05) is 27.7 Å². The van der Waals surface area contributed by atoms with Gasteiger partial charge in [-0.2, -0.15) is 0 Å². The Morgan fingerprint density at radius 1 is 1.47 bits per heavy atom. The molecule has 0 aromatic rings. The molecule has 0 bridgehead atoms. The summed E-state index contributed by atoms with van der Waals surface area (Å²) < 4.78 is 5.16. The fraction of sp³-hybridized carbons (Fsp3) is 0.818. The molecule has 4 heteroatoms. The molecule has 0 aliphatic carbocycles. The van der Waals surface area contributed by atoms with Crippen LogP contribution in [0.2, 0.25) is 0 Å². The predicted octanol–water partition coefficient (Wildman–Crippen LogP) is 2.08. The van der Waals surface area contributed by atoms with Gasteiger partial charge < -0.3 is 14.4 Å². The largest absolute Gasteiger partial charge is 0.444 e. The first kappa shape index (κ1) is 13.9. The molecular weight excluding hydrogens is 194 g/mol. The van der Waals surface area contributed by atoms with Crippen LogP contribution in [0, 0.1) is 5.92 Å². The molecule has 0 spiro atoms. The van der Waals surface area contributed by atoms with E-state index in [2.05, 4.69) is 0 Å². The maximum absolute atomic E-state index is 11.5. The number of ether oxygens (including phenoxy) is 1. The van der Waals surface area contributed by atoms with Crippen molar-refractivity contribution < 1.29 is 14.3 Å². The summed E-state index contributed by atoms with van der Waals surface area (Å²) in [5, 5.41) is 0. The van der Waals surface area contributed by atoms with Crippen LogP contribution >= 0.6 is 0 Å². The van der Waals surface area contributed by atoms with Gasteiger partial charge in [-0.15, -0.1) is 0 Å². The summed E-state index contributed by atoms with van der Waals surface area (Å²) in [4.78, 5) is 23.3. The molecule has 0 rings (SSSR count). The summed E-state index contributed by atoms with van der Waals surface area (Å²) in [6, 6.07) is 0. The van der Waals surface area contributed by atoms with Crippen LogP contribution in [0.3, 0.4) is 0 Å². The minimum absolute atomic E-state index is 0.0186. The SMILES string of the molecule is CC(C=O)CCN(C)C(=O)OC(C)(C)C. The molecule has 0 saturated carbocycles. The highest BCUT2D eigenvalue weighted by atomic mass is 16.6. The van der Waals surface area contributed by atoms with E-state index in [1.54, 1.807) is 7.05 Å². The van der Waals surface area contributed by atoms with Gasteiger partial charge >= 0.3 is 6.09 Å². The molecule has 88 valence electrons. The van der Waals surface area contributed by atoms with Crippen molar-refractivity contribution in [2.24, 2.45) is 5.92 Å². The number of hydrogen-bond donors (Lipinski definition) is 0. The number of carbonyl (C=O) groups excluding carboxylic acids is 2. The average molecular weight is 215 g/mol. The third-order valence-corrected chi connectivity index (χ3v) is 1.86. The zero-order chi connectivity index (χ0) is 12.1. The molecule has 0 heterocycles. The Balaban J connectivity index is 3.95. The zero-order valence-electron chi connectivity index (χ0n) is 10.2. The van der Waals surface area contributed by atoms with Gasteiger partial charge in [0, 0.05) is 19.5 Å². The minimum Gasteiger partial charge on any atom is -0.444 e. The number of hydrogen-bond acceptors (Lipinski definition) is 3. The van der Waals surface area contributed by atoms with Gasteiger partial charge in [-0.25, -0.2) is 4.79 Å². The third kappa shape index (κ3) is 6.94. The first-order valence-corrected chi connectivity index (χ1v) is 5.15. The normalized spacial score (nSPS) is 13.1. The molecule has 1 atom stereocenters. The Kier molecular flexibility index (Phi) is 5.33. The average Bonchev–Trinajstić information content (AvgIpc) is 2.10. The van der Waals surface area contributed by atoms with Crippen molar-refractivity contribution in [3.05, 3.63) is 0 Å². The molecule has 1 unspecified atom stereocenters. The highest BCUT2D eigenvalue weighted by Gasteiger charge is 2.19. The predicted molar refractivity (Wildman–Crippen MR) is 58.7 cm³/mol. The van der Waals surface area contributed by atoms with Gasteiger partial charge in [-0.3, -0.25) is 0 Å². The maximum Gasteiger partial charge on any atom is 0.410 e. The molecule has 0 aromatic carbocycles. The van der Waals surface area contributed by atoms with Crippen LogP contribution in [0.25, 0.3) is 0 Å². The van der Waals surface area contributed by atoms with Gasteiger partial charge in [-0.1, -0.05) is 6.92 Å². The monoisotopic (exact) mass is 215 g/mol. The fourth-order valence-electron chi connectivity index (χ4n) is 0.896. The highest BCUT2D eigenvalue weighted by molar-refractivity contribution is 5.67. The van der Waals surface area contributed by atoms with E-state index in [0.717, 1.165) is 6.29 Å². The van der Waals surface area contributed by atoms with Crippen molar-refractivity contribution in [3.63, 3.8) is 0 Å². The van der Waals surface area contributed by atoms with E-state index in [4.69, 9.17) is 4.74 Å². The van der Waals surface area contributed by atoms with Crippen molar-refractivity contribution in [1.82, 2.24) is 4.90 Å². The molecule has 0 fully saturated rings.